The molecule has 17 nitrogen and oxygen atoms in total. The quantitative estimate of drug-likeness (QED) is 0.0222. The first kappa shape index (κ1) is 109. The highest BCUT2D eigenvalue weighted by atomic mass is 31.2. The number of phosphoric acid groups is 2. The zero-order valence-electron chi connectivity index (χ0n) is 73.3. The minimum absolute atomic E-state index is 0.108. The standard InChI is InChI=1S/C92H180O17P2/c1-7-10-12-14-16-18-20-22-24-26-27-28-29-34-37-41-45-49-56-62-68-74-89(94)102-80-87(108-91(96)76-71-65-59-51-47-43-39-35-31-30-33-36-40-44-48-54-60-66-72-84(4)5)82-106-110(98,99)104-78-86(93)79-105-111(100,101)107-83-88(81-103-90(95)75-69-63-57-53-52-55-61-67-73-85(6)9-3)109-92(97)77-70-64-58-50-46-42-38-32-25-23-21-19-17-15-13-11-8-2/h84-88,93H,7-83H2,1-6H3,(H,98,99)(H,100,101)/t85?,86-,87-,88-/m1/s1. The molecule has 0 heterocycles. The van der Waals surface area contributed by atoms with Gasteiger partial charge in [-0.25, -0.2) is 9.13 Å². The zero-order chi connectivity index (χ0) is 81.3. The normalized spacial score (nSPS) is 14.0. The lowest BCUT2D eigenvalue weighted by Gasteiger charge is -2.21. The van der Waals surface area contributed by atoms with E-state index in [4.69, 9.17) is 37.0 Å². The summed E-state index contributed by atoms with van der Waals surface area (Å²) >= 11 is 0. The largest absolute Gasteiger partial charge is 0.472 e. The number of ether oxygens (including phenoxy) is 4. The Hall–Kier alpha value is -1.94. The molecule has 0 spiro atoms. The van der Waals surface area contributed by atoms with Crippen LogP contribution in [0.15, 0.2) is 0 Å². The van der Waals surface area contributed by atoms with Gasteiger partial charge in [0.1, 0.15) is 19.3 Å². The van der Waals surface area contributed by atoms with Gasteiger partial charge in [0.05, 0.1) is 26.4 Å². The molecule has 111 heavy (non-hydrogen) atoms. The topological polar surface area (TPSA) is 237 Å². The Bertz CT molecular complexity index is 2120. The Kier molecular flexibility index (Phi) is 81.7. The van der Waals surface area contributed by atoms with Crippen molar-refractivity contribution >= 4 is 39.5 Å². The van der Waals surface area contributed by atoms with Crippen molar-refractivity contribution in [1.29, 1.82) is 0 Å². The zero-order valence-corrected chi connectivity index (χ0v) is 75.1. The summed E-state index contributed by atoms with van der Waals surface area (Å²) in [5, 5.41) is 10.7. The van der Waals surface area contributed by atoms with Crippen molar-refractivity contribution in [2.75, 3.05) is 39.6 Å². The second-order valence-electron chi connectivity index (χ2n) is 33.8. The smallest absolute Gasteiger partial charge is 0.462 e. The van der Waals surface area contributed by atoms with Gasteiger partial charge in [-0.1, -0.05) is 446 Å². The molecule has 19 heteroatoms. The van der Waals surface area contributed by atoms with Gasteiger partial charge >= 0.3 is 39.5 Å². The van der Waals surface area contributed by atoms with Gasteiger partial charge in [-0.3, -0.25) is 37.3 Å². The number of carbonyl (C=O) groups is 4. The van der Waals surface area contributed by atoms with Crippen LogP contribution in [-0.4, -0.2) is 96.7 Å². The van der Waals surface area contributed by atoms with Crippen LogP contribution in [0.4, 0.5) is 0 Å². The highest BCUT2D eigenvalue weighted by molar-refractivity contribution is 7.47. The molecule has 0 aromatic rings. The van der Waals surface area contributed by atoms with Gasteiger partial charge in [0.2, 0.25) is 0 Å². The number of rotatable bonds is 91. The van der Waals surface area contributed by atoms with Crippen LogP contribution in [0.2, 0.25) is 0 Å². The van der Waals surface area contributed by atoms with Crippen LogP contribution in [0, 0.1) is 11.8 Å². The summed E-state index contributed by atoms with van der Waals surface area (Å²) in [4.78, 5) is 73.5. The summed E-state index contributed by atoms with van der Waals surface area (Å²) in [6.45, 7) is 9.75. The van der Waals surface area contributed by atoms with E-state index in [1.54, 1.807) is 0 Å². The lowest BCUT2D eigenvalue weighted by molar-refractivity contribution is -0.161. The number of hydrogen-bond acceptors (Lipinski definition) is 15. The fourth-order valence-electron chi connectivity index (χ4n) is 14.4. The van der Waals surface area contributed by atoms with E-state index >= 15 is 0 Å². The van der Waals surface area contributed by atoms with E-state index in [1.807, 2.05) is 0 Å². The molecular formula is C92H180O17P2. The monoisotopic (exact) mass is 1620 g/mol. The molecule has 660 valence electrons. The number of esters is 4. The summed E-state index contributed by atoms with van der Waals surface area (Å²) in [5.41, 5.74) is 0. The van der Waals surface area contributed by atoms with Gasteiger partial charge in [-0.2, -0.15) is 0 Å². The fourth-order valence-corrected chi connectivity index (χ4v) is 16.0. The summed E-state index contributed by atoms with van der Waals surface area (Å²) in [7, 11) is -9.94. The average molecular weight is 1620 g/mol. The molecule has 0 saturated heterocycles. The highest BCUT2D eigenvalue weighted by Crippen LogP contribution is 2.45. The molecule has 3 N–H and O–H groups in total. The van der Waals surface area contributed by atoms with Gasteiger partial charge in [-0.15, -0.1) is 0 Å². The van der Waals surface area contributed by atoms with Gasteiger partial charge in [-0.05, 0) is 37.5 Å². The average Bonchev–Trinajstić information content (AvgIpc) is 0.901. The lowest BCUT2D eigenvalue weighted by atomic mass is 9.99. The molecule has 0 aliphatic rings. The summed E-state index contributed by atoms with van der Waals surface area (Å²) in [6.07, 6.45) is 77.9. The molecule has 0 fully saturated rings. The molecule has 0 amide bonds. The first-order valence-corrected chi connectivity index (χ1v) is 50.5. The van der Waals surface area contributed by atoms with Gasteiger partial charge < -0.3 is 33.8 Å². The van der Waals surface area contributed by atoms with Crippen LogP contribution in [0.25, 0.3) is 0 Å². The van der Waals surface area contributed by atoms with Crippen molar-refractivity contribution in [2.45, 2.75) is 516 Å². The Morgan fingerprint density at radius 1 is 0.261 bits per heavy atom. The van der Waals surface area contributed by atoms with E-state index in [0.717, 1.165) is 102 Å². The Morgan fingerprint density at radius 2 is 0.459 bits per heavy atom. The highest BCUT2D eigenvalue weighted by Gasteiger charge is 2.31. The molecule has 0 aromatic carbocycles. The maximum absolute atomic E-state index is 13.2. The minimum atomic E-state index is -4.97. The molecule has 6 atom stereocenters. The third-order valence-corrected chi connectivity index (χ3v) is 24.0. The number of phosphoric ester groups is 2. The molecular weight excluding hydrogens is 1440 g/mol. The van der Waals surface area contributed by atoms with Crippen LogP contribution in [0.3, 0.4) is 0 Å². The maximum atomic E-state index is 13.2. The first-order chi connectivity index (χ1) is 53.9. The summed E-state index contributed by atoms with van der Waals surface area (Å²) in [6, 6.07) is 0. The third-order valence-electron chi connectivity index (χ3n) is 22.1. The Morgan fingerprint density at radius 3 is 0.685 bits per heavy atom. The third kappa shape index (κ3) is 84.3. The number of carbonyl (C=O) groups excluding carboxylic acids is 4. The molecule has 0 saturated carbocycles. The van der Waals surface area contributed by atoms with Gasteiger partial charge in [0.25, 0.3) is 0 Å². The number of aliphatic hydroxyl groups is 1. The van der Waals surface area contributed by atoms with E-state index in [1.165, 1.54) is 315 Å². The van der Waals surface area contributed by atoms with Crippen molar-refractivity contribution in [1.82, 2.24) is 0 Å². The second kappa shape index (κ2) is 83.1. The predicted molar refractivity (Wildman–Crippen MR) is 460 cm³/mol. The summed E-state index contributed by atoms with van der Waals surface area (Å²) < 4.78 is 69.1. The minimum Gasteiger partial charge on any atom is -0.462 e. The molecule has 0 aliphatic carbocycles. The second-order valence-corrected chi connectivity index (χ2v) is 36.7. The SMILES string of the molecule is CCCCCCCCCCCCCCCCCCCCCCCC(=O)OC[C@H](COP(=O)(O)OC[C@@H](O)COP(=O)(O)OC[C@@H](COC(=O)CCCCCCCCCCC(C)CC)OC(=O)CCCCCCCCCCCCCCCCCCC)OC(=O)CCCCCCCCCCCCCCCCCCCCC(C)C. The first-order valence-electron chi connectivity index (χ1n) is 47.5. The Balaban J connectivity index is 5.24. The molecule has 3 unspecified atom stereocenters. The van der Waals surface area contributed by atoms with Crippen LogP contribution in [0.1, 0.15) is 497 Å². The lowest BCUT2D eigenvalue weighted by Crippen LogP contribution is -2.30. The van der Waals surface area contributed by atoms with E-state index in [0.29, 0.717) is 25.7 Å². The number of aliphatic hydroxyl groups excluding tert-OH is 1. The Labute approximate surface area is 683 Å². The van der Waals surface area contributed by atoms with Gasteiger partial charge in [0.15, 0.2) is 12.2 Å². The fraction of sp³-hybridized carbons (Fsp3) is 0.957. The van der Waals surface area contributed by atoms with E-state index in [2.05, 4.69) is 41.5 Å². The summed E-state index contributed by atoms with van der Waals surface area (Å²) in [5.74, 6) is -0.497. The van der Waals surface area contributed by atoms with Crippen molar-refractivity contribution in [2.24, 2.45) is 11.8 Å². The van der Waals surface area contributed by atoms with Crippen LogP contribution >= 0.6 is 15.6 Å². The van der Waals surface area contributed by atoms with Crippen molar-refractivity contribution in [3.63, 3.8) is 0 Å². The van der Waals surface area contributed by atoms with Crippen LogP contribution < -0.4 is 0 Å². The molecule has 0 aliphatic heterocycles. The number of unbranched alkanes of at least 4 members (excludes halogenated alkanes) is 60. The van der Waals surface area contributed by atoms with Crippen molar-refractivity contribution < 1.29 is 80.2 Å². The predicted octanol–water partition coefficient (Wildman–Crippen LogP) is 28.6. The van der Waals surface area contributed by atoms with E-state index in [-0.39, 0.29) is 25.7 Å². The van der Waals surface area contributed by atoms with Crippen molar-refractivity contribution in [3.8, 4) is 0 Å². The number of hydrogen-bond donors (Lipinski definition) is 3. The maximum Gasteiger partial charge on any atom is 0.472 e. The van der Waals surface area contributed by atoms with Crippen LogP contribution in [0.5, 0.6) is 0 Å². The molecule has 0 rings (SSSR count). The van der Waals surface area contributed by atoms with E-state index < -0.39 is 97.5 Å². The molecule has 0 radical (unpaired) electrons. The molecule has 0 bridgehead atoms. The molecule has 0 aromatic heterocycles. The van der Waals surface area contributed by atoms with E-state index in [9.17, 15) is 43.2 Å². The van der Waals surface area contributed by atoms with Gasteiger partial charge in [0, 0.05) is 25.7 Å². The van der Waals surface area contributed by atoms with Crippen molar-refractivity contribution in [3.05, 3.63) is 0 Å². The van der Waals surface area contributed by atoms with Crippen LogP contribution in [-0.2, 0) is 65.4 Å².